The zero-order chi connectivity index (χ0) is 16.5. The number of carboxylic acid groups (broad SMARTS) is 1. The SMILES string of the molecule is Cc1ccc([Se]CC=COc2ccc(COC(=O)O)cc2)cc1. The van der Waals surface area contributed by atoms with Gasteiger partial charge in [0.15, 0.2) is 0 Å². The predicted molar refractivity (Wildman–Crippen MR) is 90.4 cm³/mol. The van der Waals surface area contributed by atoms with E-state index >= 15 is 0 Å². The van der Waals surface area contributed by atoms with Gasteiger partial charge in [0.2, 0.25) is 0 Å². The van der Waals surface area contributed by atoms with Crippen LogP contribution in [0.4, 0.5) is 4.79 Å². The van der Waals surface area contributed by atoms with E-state index in [2.05, 4.69) is 35.9 Å². The van der Waals surface area contributed by atoms with Gasteiger partial charge in [-0.15, -0.1) is 0 Å². The van der Waals surface area contributed by atoms with Gasteiger partial charge >= 0.3 is 142 Å². The molecule has 0 aliphatic carbocycles. The first-order chi connectivity index (χ1) is 11.1. The van der Waals surface area contributed by atoms with Gasteiger partial charge in [0, 0.05) is 0 Å². The molecule has 2 rings (SSSR count). The Balaban J connectivity index is 1.72. The van der Waals surface area contributed by atoms with Crippen molar-refractivity contribution in [3.05, 3.63) is 72.0 Å². The normalized spacial score (nSPS) is 10.7. The van der Waals surface area contributed by atoms with Crippen molar-refractivity contribution in [3.8, 4) is 5.75 Å². The van der Waals surface area contributed by atoms with Crippen molar-refractivity contribution in [2.75, 3.05) is 0 Å². The van der Waals surface area contributed by atoms with Crippen molar-refractivity contribution >= 4 is 25.6 Å². The molecule has 5 heteroatoms. The molecule has 0 aliphatic heterocycles. The second-order valence-corrected chi connectivity index (χ2v) is 7.11. The Labute approximate surface area is 141 Å². The van der Waals surface area contributed by atoms with Gasteiger partial charge in [0.05, 0.1) is 0 Å². The van der Waals surface area contributed by atoms with E-state index in [1.165, 1.54) is 10.0 Å². The fraction of sp³-hybridized carbons (Fsp3) is 0.167. The van der Waals surface area contributed by atoms with Crippen molar-refractivity contribution in [2.24, 2.45) is 0 Å². The third kappa shape index (κ3) is 6.59. The molecule has 0 unspecified atom stereocenters. The van der Waals surface area contributed by atoms with Crippen molar-refractivity contribution in [1.29, 1.82) is 0 Å². The Morgan fingerprint density at radius 1 is 1.13 bits per heavy atom. The molecule has 0 atom stereocenters. The van der Waals surface area contributed by atoms with Crippen LogP contribution in [0.15, 0.2) is 60.9 Å². The summed E-state index contributed by atoms with van der Waals surface area (Å²) in [5.74, 6) is 0.711. The molecule has 2 aromatic rings. The van der Waals surface area contributed by atoms with Crippen LogP contribution in [0.25, 0.3) is 0 Å². The zero-order valence-electron chi connectivity index (χ0n) is 12.8. The van der Waals surface area contributed by atoms with Gasteiger partial charge in [-0.3, -0.25) is 0 Å². The van der Waals surface area contributed by atoms with Crippen LogP contribution < -0.4 is 9.20 Å². The van der Waals surface area contributed by atoms with Crippen LogP contribution >= 0.6 is 0 Å². The molecule has 0 aliphatic rings. The van der Waals surface area contributed by atoms with E-state index in [9.17, 15) is 4.79 Å². The van der Waals surface area contributed by atoms with Gasteiger partial charge in [-0.05, 0) is 0 Å². The zero-order valence-corrected chi connectivity index (χ0v) is 14.5. The van der Waals surface area contributed by atoms with Gasteiger partial charge in [-0.1, -0.05) is 0 Å². The second kappa shape index (κ2) is 9.03. The molecule has 0 amide bonds. The molecule has 0 saturated carbocycles. The van der Waals surface area contributed by atoms with Gasteiger partial charge in [0.25, 0.3) is 0 Å². The number of benzene rings is 2. The topological polar surface area (TPSA) is 55.8 Å². The third-order valence-electron chi connectivity index (χ3n) is 2.95. The van der Waals surface area contributed by atoms with E-state index in [0.29, 0.717) is 20.7 Å². The number of rotatable bonds is 7. The monoisotopic (exact) mass is 378 g/mol. The number of hydrogen-bond donors (Lipinski definition) is 1. The average molecular weight is 377 g/mol. The second-order valence-electron chi connectivity index (χ2n) is 4.81. The Morgan fingerprint density at radius 2 is 1.83 bits per heavy atom. The maximum atomic E-state index is 10.3. The summed E-state index contributed by atoms with van der Waals surface area (Å²) in [6.45, 7) is 2.13. The van der Waals surface area contributed by atoms with E-state index in [1.807, 2.05) is 6.08 Å². The molecule has 0 spiro atoms. The van der Waals surface area contributed by atoms with E-state index < -0.39 is 6.16 Å². The van der Waals surface area contributed by atoms with E-state index in [1.54, 1.807) is 30.5 Å². The molecular formula is C18H18O4Se. The number of ether oxygens (including phenoxy) is 2. The van der Waals surface area contributed by atoms with Crippen LogP contribution in [-0.4, -0.2) is 26.2 Å². The van der Waals surface area contributed by atoms with E-state index in [4.69, 9.17) is 9.84 Å². The quantitative estimate of drug-likeness (QED) is 0.456. The molecule has 0 heterocycles. The number of hydrogen-bond acceptors (Lipinski definition) is 3. The van der Waals surface area contributed by atoms with Gasteiger partial charge in [0.1, 0.15) is 0 Å². The van der Waals surface area contributed by atoms with Gasteiger partial charge < -0.3 is 0 Å². The molecule has 23 heavy (non-hydrogen) atoms. The van der Waals surface area contributed by atoms with Crippen LogP contribution in [-0.2, 0) is 11.3 Å². The molecule has 4 nitrogen and oxygen atoms in total. The molecule has 0 saturated heterocycles. The van der Waals surface area contributed by atoms with E-state index in [0.717, 1.165) is 10.9 Å². The fourth-order valence-corrected chi connectivity index (χ4v) is 3.21. The van der Waals surface area contributed by atoms with Gasteiger partial charge in [-0.2, -0.15) is 0 Å². The molecule has 1 N–H and O–H groups in total. The maximum absolute atomic E-state index is 10.3. The van der Waals surface area contributed by atoms with Crippen LogP contribution in [0.2, 0.25) is 5.32 Å². The molecule has 0 radical (unpaired) electrons. The summed E-state index contributed by atoms with van der Waals surface area (Å²) in [4.78, 5) is 10.3. The number of aryl methyl sites for hydroxylation is 1. The van der Waals surface area contributed by atoms with Crippen molar-refractivity contribution in [2.45, 2.75) is 18.8 Å². The number of allylic oxidation sites excluding steroid dienone is 1. The molecule has 0 fully saturated rings. The standard InChI is InChI=1S/C18H18O4Se/c1-14-3-9-17(10-4-14)23-12-2-11-21-16-7-5-15(6-8-16)13-22-18(19)20/h2-11H,12-13H2,1H3,(H,19,20). The Morgan fingerprint density at radius 3 is 2.48 bits per heavy atom. The summed E-state index contributed by atoms with van der Waals surface area (Å²) in [6.07, 6.45) is 2.43. The molecule has 2 aromatic carbocycles. The van der Waals surface area contributed by atoms with Crippen LogP contribution in [0.3, 0.4) is 0 Å². The van der Waals surface area contributed by atoms with Crippen molar-refractivity contribution in [3.63, 3.8) is 0 Å². The van der Waals surface area contributed by atoms with Gasteiger partial charge in [-0.25, -0.2) is 0 Å². The average Bonchev–Trinajstić information content (AvgIpc) is 2.55. The van der Waals surface area contributed by atoms with E-state index in [-0.39, 0.29) is 6.61 Å². The Kier molecular flexibility index (Phi) is 6.73. The predicted octanol–water partition coefficient (Wildman–Crippen LogP) is 3.53. The molecule has 120 valence electrons. The minimum absolute atomic E-state index is 0.0462. The minimum atomic E-state index is -1.27. The number of carbonyl (C=O) groups is 1. The van der Waals surface area contributed by atoms with Crippen molar-refractivity contribution in [1.82, 2.24) is 0 Å². The summed E-state index contributed by atoms with van der Waals surface area (Å²) < 4.78 is 11.4. The Bertz CT molecular complexity index is 648. The Hall–Kier alpha value is -2.23. The summed E-state index contributed by atoms with van der Waals surface area (Å²) in [7, 11) is 0. The van der Waals surface area contributed by atoms with Crippen molar-refractivity contribution < 1.29 is 19.4 Å². The summed E-state index contributed by atoms with van der Waals surface area (Å²) in [5.41, 5.74) is 2.06. The van der Waals surface area contributed by atoms with Crippen LogP contribution in [0, 0.1) is 6.92 Å². The molecule has 0 aromatic heterocycles. The summed E-state index contributed by atoms with van der Waals surface area (Å²) in [5, 5.41) is 9.41. The summed E-state index contributed by atoms with van der Waals surface area (Å²) in [6, 6.07) is 15.7. The van der Waals surface area contributed by atoms with Crippen LogP contribution in [0.1, 0.15) is 11.1 Å². The first-order valence-electron chi connectivity index (χ1n) is 7.09. The fourth-order valence-electron chi connectivity index (χ4n) is 1.75. The third-order valence-corrected chi connectivity index (χ3v) is 4.98. The summed E-state index contributed by atoms with van der Waals surface area (Å²) >= 11 is 0.408. The molecular weight excluding hydrogens is 359 g/mol. The first kappa shape index (κ1) is 17.1. The first-order valence-corrected chi connectivity index (χ1v) is 9.16. The van der Waals surface area contributed by atoms with Crippen LogP contribution in [0.5, 0.6) is 5.75 Å². The molecule has 0 bridgehead atoms.